The Bertz CT molecular complexity index is 401. The van der Waals surface area contributed by atoms with E-state index in [0.29, 0.717) is 34.0 Å². The van der Waals surface area contributed by atoms with Crippen molar-refractivity contribution in [2.75, 3.05) is 17.3 Å². The first-order valence-electron chi connectivity index (χ1n) is 5.69. The number of halogens is 2. The molecule has 1 heterocycles. The third-order valence-electron chi connectivity index (χ3n) is 2.63. The molecular formula is C11H18Cl2N4O. The molecule has 7 heteroatoms. The second-order valence-corrected chi connectivity index (χ2v) is 5.12. The molecule has 1 rings (SSSR count). The molecule has 1 aromatic heterocycles. The lowest BCUT2D eigenvalue weighted by atomic mass is 10.0. The lowest BCUT2D eigenvalue weighted by Crippen LogP contribution is -2.27. The molecule has 0 aliphatic heterocycles. The van der Waals surface area contributed by atoms with Crippen LogP contribution in [0.3, 0.4) is 0 Å². The molecule has 0 aromatic carbocycles. The van der Waals surface area contributed by atoms with E-state index in [1.165, 1.54) is 0 Å². The normalized spacial score (nSPS) is 12.6. The summed E-state index contributed by atoms with van der Waals surface area (Å²) in [6.45, 7) is 4.21. The van der Waals surface area contributed by atoms with Gasteiger partial charge in [-0.1, -0.05) is 37.0 Å². The maximum absolute atomic E-state index is 9.03. The van der Waals surface area contributed by atoms with Crippen LogP contribution < -0.4 is 16.6 Å². The van der Waals surface area contributed by atoms with Crippen molar-refractivity contribution in [1.82, 2.24) is 4.98 Å². The molecular weight excluding hydrogens is 275 g/mol. The monoisotopic (exact) mass is 292 g/mol. The minimum atomic E-state index is 0.0757. The largest absolute Gasteiger partial charge is 0.396 e. The van der Waals surface area contributed by atoms with E-state index in [-0.39, 0.29) is 12.6 Å². The van der Waals surface area contributed by atoms with E-state index in [9.17, 15) is 0 Å². The molecule has 18 heavy (non-hydrogen) atoms. The summed E-state index contributed by atoms with van der Waals surface area (Å²) >= 11 is 12.0. The summed E-state index contributed by atoms with van der Waals surface area (Å²) in [6.07, 6.45) is 0.615. The Kier molecular flexibility index (Phi) is 5.95. The fourth-order valence-electron chi connectivity index (χ4n) is 1.56. The maximum Gasteiger partial charge on any atom is 0.161 e. The summed E-state index contributed by atoms with van der Waals surface area (Å²) in [4.78, 5) is 4.20. The van der Waals surface area contributed by atoms with Crippen molar-refractivity contribution in [2.45, 2.75) is 26.3 Å². The lowest BCUT2D eigenvalue weighted by molar-refractivity contribution is 0.267. The smallest absolute Gasteiger partial charge is 0.161 e. The van der Waals surface area contributed by atoms with Crippen LogP contribution in [-0.4, -0.2) is 22.7 Å². The standard InChI is InChI=1S/C11H18Cl2N4O/c1-6(2)9(3-4-18)15-10-7(12)5-8(13)11(16-10)17-14/h5-6,9,18H,3-4,14H2,1-2H3,(H2,15,16,17). The zero-order valence-electron chi connectivity index (χ0n) is 10.4. The van der Waals surface area contributed by atoms with Gasteiger partial charge in [0.1, 0.15) is 5.82 Å². The first-order valence-corrected chi connectivity index (χ1v) is 6.45. The maximum atomic E-state index is 9.03. The number of pyridine rings is 1. The fraction of sp³-hybridized carbons (Fsp3) is 0.545. The second-order valence-electron chi connectivity index (χ2n) is 4.30. The number of nitrogens with two attached hydrogens (primary N) is 1. The predicted octanol–water partition coefficient (Wildman–Crippen LogP) is 2.49. The first-order chi connectivity index (χ1) is 8.49. The Morgan fingerprint density at radius 3 is 2.44 bits per heavy atom. The van der Waals surface area contributed by atoms with Crippen LogP contribution in [-0.2, 0) is 0 Å². The SMILES string of the molecule is CC(C)C(CCO)Nc1nc(NN)c(Cl)cc1Cl. The van der Waals surface area contributed by atoms with Crippen LogP contribution in [0.2, 0.25) is 10.0 Å². The van der Waals surface area contributed by atoms with E-state index in [4.69, 9.17) is 34.2 Å². The topological polar surface area (TPSA) is 83.2 Å². The van der Waals surface area contributed by atoms with Gasteiger partial charge in [0.2, 0.25) is 0 Å². The van der Waals surface area contributed by atoms with Crippen molar-refractivity contribution >= 4 is 34.8 Å². The predicted molar refractivity (Wildman–Crippen MR) is 76.0 cm³/mol. The molecule has 0 aliphatic carbocycles. The molecule has 0 bridgehead atoms. The van der Waals surface area contributed by atoms with E-state index >= 15 is 0 Å². The zero-order chi connectivity index (χ0) is 13.7. The molecule has 0 spiro atoms. The van der Waals surface area contributed by atoms with E-state index in [2.05, 4.69) is 29.6 Å². The molecule has 1 aromatic rings. The van der Waals surface area contributed by atoms with Crippen molar-refractivity contribution < 1.29 is 5.11 Å². The highest BCUT2D eigenvalue weighted by atomic mass is 35.5. The highest BCUT2D eigenvalue weighted by Gasteiger charge is 2.16. The van der Waals surface area contributed by atoms with Crippen molar-refractivity contribution in [3.8, 4) is 0 Å². The molecule has 0 aliphatic rings. The van der Waals surface area contributed by atoms with Gasteiger partial charge in [0.25, 0.3) is 0 Å². The van der Waals surface area contributed by atoms with Crippen LogP contribution >= 0.6 is 23.2 Å². The number of hydrogen-bond acceptors (Lipinski definition) is 5. The molecule has 0 amide bonds. The Morgan fingerprint density at radius 1 is 1.33 bits per heavy atom. The van der Waals surface area contributed by atoms with Gasteiger partial charge in [0, 0.05) is 12.6 Å². The van der Waals surface area contributed by atoms with Gasteiger partial charge in [-0.15, -0.1) is 0 Å². The highest BCUT2D eigenvalue weighted by Crippen LogP contribution is 2.29. The van der Waals surface area contributed by atoms with Crippen LogP contribution in [0.15, 0.2) is 6.07 Å². The Balaban J connectivity index is 2.94. The number of aliphatic hydroxyl groups excluding tert-OH is 1. The minimum Gasteiger partial charge on any atom is -0.396 e. The number of nitrogens with zero attached hydrogens (tertiary/aromatic N) is 1. The van der Waals surface area contributed by atoms with Crippen LogP contribution in [0, 0.1) is 5.92 Å². The first kappa shape index (κ1) is 15.3. The molecule has 0 saturated heterocycles. The summed E-state index contributed by atoms with van der Waals surface area (Å²) in [5.74, 6) is 6.50. The molecule has 5 N–H and O–H groups in total. The number of nitrogens with one attached hydrogen (secondary N) is 2. The van der Waals surface area contributed by atoms with Gasteiger partial charge in [0.15, 0.2) is 5.82 Å². The van der Waals surface area contributed by atoms with E-state index < -0.39 is 0 Å². The Labute approximate surface area is 117 Å². The van der Waals surface area contributed by atoms with Gasteiger partial charge in [-0.2, -0.15) is 0 Å². The van der Waals surface area contributed by atoms with Gasteiger partial charge in [-0.25, -0.2) is 10.8 Å². The highest BCUT2D eigenvalue weighted by molar-refractivity contribution is 6.37. The summed E-state index contributed by atoms with van der Waals surface area (Å²) in [7, 11) is 0. The minimum absolute atomic E-state index is 0.0757. The molecule has 1 unspecified atom stereocenters. The van der Waals surface area contributed by atoms with Gasteiger partial charge in [0.05, 0.1) is 10.0 Å². The summed E-state index contributed by atoms with van der Waals surface area (Å²) in [5, 5.41) is 13.0. The van der Waals surface area contributed by atoms with Crippen molar-refractivity contribution in [2.24, 2.45) is 11.8 Å². The molecule has 5 nitrogen and oxygen atoms in total. The van der Waals surface area contributed by atoms with E-state index in [0.717, 1.165) is 0 Å². The van der Waals surface area contributed by atoms with Crippen LogP contribution in [0.1, 0.15) is 20.3 Å². The number of hydrogen-bond donors (Lipinski definition) is 4. The zero-order valence-corrected chi connectivity index (χ0v) is 11.9. The third kappa shape index (κ3) is 3.88. The number of aliphatic hydroxyl groups is 1. The molecule has 0 radical (unpaired) electrons. The van der Waals surface area contributed by atoms with Gasteiger partial charge >= 0.3 is 0 Å². The molecule has 1 atom stereocenters. The Hall–Kier alpha value is -0.750. The molecule has 0 saturated carbocycles. The van der Waals surface area contributed by atoms with Gasteiger partial charge in [-0.05, 0) is 18.4 Å². The average molecular weight is 293 g/mol. The molecule has 102 valence electrons. The van der Waals surface area contributed by atoms with Crippen LogP contribution in [0.4, 0.5) is 11.6 Å². The van der Waals surface area contributed by atoms with Crippen molar-refractivity contribution in [3.05, 3.63) is 16.1 Å². The number of rotatable bonds is 6. The van der Waals surface area contributed by atoms with E-state index in [1.54, 1.807) is 6.07 Å². The van der Waals surface area contributed by atoms with Crippen molar-refractivity contribution in [1.29, 1.82) is 0 Å². The number of aromatic nitrogens is 1. The average Bonchev–Trinajstić information content (AvgIpc) is 2.31. The van der Waals surface area contributed by atoms with Gasteiger partial charge in [-0.3, -0.25) is 0 Å². The number of anilines is 2. The van der Waals surface area contributed by atoms with Crippen molar-refractivity contribution in [3.63, 3.8) is 0 Å². The summed E-state index contributed by atoms with van der Waals surface area (Å²) in [6, 6.07) is 1.65. The van der Waals surface area contributed by atoms with Crippen LogP contribution in [0.5, 0.6) is 0 Å². The summed E-state index contributed by atoms with van der Waals surface area (Å²) in [5.41, 5.74) is 2.41. The second kappa shape index (κ2) is 6.99. The third-order valence-corrected chi connectivity index (χ3v) is 3.21. The summed E-state index contributed by atoms with van der Waals surface area (Å²) < 4.78 is 0. The molecule has 0 fully saturated rings. The number of nitrogen functional groups attached to an aromatic ring is 1. The lowest BCUT2D eigenvalue weighted by Gasteiger charge is -2.23. The fourth-order valence-corrected chi connectivity index (χ4v) is 2.02. The van der Waals surface area contributed by atoms with Gasteiger partial charge < -0.3 is 15.8 Å². The number of hydrazine groups is 1. The van der Waals surface area contributed by atoms with Crippen LogP contribution in [0.25, 0.3) is 0 Å². The van der Waals surface area contributed by atoms with E-state index in [1.807, 2.05) is 0 Å². The Morgan fingerprint density at radius 2 is 1.94 bits per heavy atom. The quantitative estimate of drug-likeness (QED) is 0.478.